The zero-order chi connectivity index (χ0) is 8.97. The Balaban J connectivity index is 2.56. The van der Waals surface area contributed by atoms with E-state index in [1.54, 1.807) is 0 Å². The van der Waals surface area contributed by atoms with Crippen molar-refractivity contribution in [2.24, 2.45) is 0 Å². The lowest BCUT2D eigenvalue weighted by molar-refractivity contribution is 0.374. The SMILES string of the molecule is CCCCCn1c(N)noc1=O. The van der Waals surface area contributed by atoms with Crippen LogP contribution >= 0.6 is 0 Å². The van der Waals surface area contributed by atoms with Crippen LogP contribution in [0.5, 0.6) is 0 Å². The predicted octanol–water partition coefficient (Wildman–Crippen LogP) is 0.609. The Hall–Kier alpha value is -1.26. The first-order chi connectivity index (χ1) is 5.75. The van der Waals surface area contributed by atoms with Crippen LogP contribution in [0.15, 0.2) is 9.32 Å². The normalized spacial score (nSPS) is 10.4. The van der Waals surface area contributed by atoms with E-state index in [0.717, 1.165) is 19.3 Å². The van der Waals surface area contributed by atoms with Gasteiger partial charge in [0.05, 0.1) is 0 Å². The number of hydrogen-bond donors (Lipinski definition) is 1. The van der Waals surface area contributed by atoms with Crippen molar-refractivity contribution in [3.63, 3.8) is 0 Å². The third-order valence-electron chi connectivity index (χ3n) is 1.70. The molecule has 0 unspecified atom stereocenters. The van der Waals surface area contributed by atoms with Crippen molar-refractivity contribution in [3.8, 4) is 0 Å². The molecule has 0 saturated heterocycles. The van der Waals surface area contributed by atoms with Crippen LogP contribution in [0.2, 0.25) is 0 Å². The quantitative estimate of drug-likeness (QED) is 0.673. The molecule has 0 saturated carbocycles. The van der Waals surface area contributed by atoms with Crippen LogP contribution in [0.4, 0.5) is 5.95 Å². The Morgan fingerprint density at radius 3 is 2.83 bits per heavy atom. The largest absolute Gasteiger partial charge is 0.443 e. The van der Waals surface area contributed by atoms with Crippen molar-refractivity contribution in [2.45, 2.75) is 32.7 Å². The molecule has 1 aromatic rings. The monoisotopic (exact) mass is 171 g/mol. The molecule has 0 aliphatic carbocycles. The summed E-state index contributed by atoms with van der Waals surface area (Å²) < 4.78 is 5.70. The van der Waals surface area contributed by atoms with Gasteiger partial charge in [0.2, 0.25) is 5.95 Å². The molecule has 1 aromatic heterocycles. The lowest BCUT2D eigenvalue weighted by Crippen LogP contribution is -2.16. The Morgan fingerprint density at radius 1 is 1.58 bits per heavy atom. The van der Waals surface area contributed by atoms with Crippen LogP contribution in [0, 0.1) is 0 Å². The fourth-order valence-electron chi connectivity index (χ4n) is 1.00. The predicted molar refractivity (Wildman–Crippen MR) is 44.7 cm³/mol. The van der Waals surface area contributed by atoms with Crippen LogP contribution in [0.25, 0.3) is 0 Å². The Bertz CT molecular complexity index is 289. The van der Waals surface area contributed by atoms with Crippen molar-refractivity contribution < 1.29 is 4.52 Å². The molecule has 0 radical (unpaired) electrons. The molecule has 0 aliphatic rings. The number of nitrogen functional groups attached to an aromatic ring is 1. The van der Waals surface area contributed by atoms with E-state index in [0.29, 0.717) is 6.54 Å². The first-order valence-electron chi connectivity index (χ1n) is 4.07. The average molecular weight is 171 g/mol. The zero-order valence-electron chi connectivity index (χ0n) is 7.12. The lowest BCUT2D eigenvalue weighted by atomic mass is 10.2. The summed E-state index contributed by atoms with van der Waals surface area (Å²) >= 11 is 0. The van der Waals surface area contributed by atoms with Gasteiger partial charge in [0.15, 0.2) is 0 Å². The average Bonchev–Trinajstić information content (AvgIpc) is 2.35. The fourth-order valence-corrected chi connectivity index (χ4v) is 1.00. The van der Waals surface area contributed by atoms with Crippen LogP contribution in [-0.4, -0.2) is 9.72 Å². The van der Waals surface area contributed by atoms with E-state index in [1.165, 1.54) is 4.57 Å². The number of hydrogen-bond acceptors (Lipinski definition) is 4. The summed E-state index contributed by atoms with van der Waals surface area (Å²) in [5, 5.41) is 3.35. The maximum absolute atomic E-state index is 10.9. The highest BCUT2D eigenvalue weighted by Crippen LogP contribution is 1.99. The van der Waals surface area contributed by atoms with Crippen LogP contribution in [0.3, 0.4) is 0 Å². The second-order valence-electron chi connectivity index (χ2n) is 2.67. The molecule has 0 bridgehead atoms. The minimum atomic E-state index is -0.469. The molecule has 0 amide bonds. The van der Waals surface area contributed by atoms with Crippen LogP contribution in [-0.2, 0) is 6.54 Å². The summed E-state index contributed by atoms with van der Waals surface area (Å²) in [6.45, 7) is 2.70. The van der Waals surface area contributed by atoms with Crippen molar-refractivity contribution >= 4 is 5.95 Å². The summed E-state index contributed by atoms with van der Waals surface area (Å²) in [4.78, 5) is 10.9. The first-order valence-corrected chi connectivity index (χ1v) is 4.07. The molecule has 68 valence electrons. The molecule has 2 N–H and O–H groups in total. The Morgan fingerprint density at radius 2 is 2.33 bits per heavy atom. The number of unbranched alkanes of at least 4 members (excludes halogenated alkanes) is 2. The van der Waals surface area contributed by atoms with Gasteiger partial charge in [-0.1, -0.05) is 19.8 Å². The molecule has 0 atom stereocenters. The number of aromatic nitrogens is 2. The van der Waals surface area contributed by atoms with Gasteiger partial charge in [-0.3, -0.25) is 4.52 Å². The third-order valence-corrected chi connectivity index (χ3v) is 1.70. The minimum absolute atomic E-state index is 0.163. The summed E-state index contributed by atoms with van der Waals surface area (Å²) in [5.41, 5.74) is 5.38. The number of rotatable bonds is 4. The molecule has 0 fully saturated rings. The van der Waals surface area contributed by atoms with Crippen molar-refractivity contribution in [3.05, 3.63) is 10.6 Å². The molecule has 5 heteroatoms. The molecular formula is C7H13N3O2. The highest BCUT2D eigenvalue weighted by atomic mass is 16.5. The number of nitrogens with zero attached hydrogens (tertiary/aromatic N) is 2. The van der Waals surface area contributed by atoms with E-state index in [2.05, 4.69) is 16.6 Å². The maximum Gasteiger partial charge on any atom is 0.443 e. The summed E-state index contributed by atoms with van der Waals surface area (Å²) in [7, 11) is 0. The number of nitrogens with two attached hydrogens (primary N) is 1. The highest BCUT2D eigenvalue weighted by molar-refractivity contribution is 5.11. The molecule has 0 spiro atoms. The van der Waals surface area contributed by atoms with Gasteiger partial charge in [-0.05, 0) is 11.6 Å². The van der Waals surface area contributed by atoms with Gasteiger partial charge >= 0.3 is 5.76 Å². The minimum Gasteiger partial charge on any atom is -0.367 e. The second kappa shape index (κ2) is 3.94. The molecule has 12 heavy (non-hydrogen) atoms. The van der Waals surface area contributed by atoms with E-state index in [4.69, 9.17) is 5.73 Å². The topological polar surface area (TPSA) is 74.1 Å². The van der Waals surface area contributed by atoms with E-state index in [-0.39, 0.29) is 5.95 Å². The van der Waals surface area contributed by atoms with Crippen molar-refractivity contribution in [1.82, 2.24) is 9.72 Å². The summed E-state index contributed by atoms with van der Waals surface area (Å²) in [6.07, 6.45) is 3.12. The van der Waals surface area contributed by atoms with Gasteiger partial charge < -0.3 is 5.73 Å². The van der Waals surface area contributed by atoms with Gasteiger partial charge in [0.25, 0.3) is 0 Å². The van der Waals surface area contributed by atoms with Gasteiger partial charge in [-0.15, -0.1) is 0 Å². The standard InChI is InChI=1S/C7H13N3O2/c1-2-3-4-5-10-6(8)9-12-7(10)11/h2-5H2,1H3,(H2,8,9). The van der Waals surface area contributed by atoms with Crippen LogP contribution < -0.4 is 11.5 Å². The highest BCUT2D eigenvalue weighted by Gasteiger charge is 2.04. The Labute approximate surface area is 70.2 Å². The van der Waals surface area contributed by atoms with Crippen LogP contribution in [0.1, 0.15) is 26.2 Å². The lowest BCUT2D eigenvalue weighted by Gasteiger charge is -1.98. The summed E-state index contributed by atoms with van der Waals surface area (Å²) in [6, 6.07) is 0. The van der Waals surface area contributed by atoms with Crippen molar-refractivity contribution in [1.29, 1.82) is 0 Å². The van der Waals surface area contributed by atoms with Gasteiger partial charge in [-0.2, -0.15) is 0 Å². The summed E-state index contributed by atoms with van der Waals surface area (Å²) in [5.74, 6) is -0.306. The molecule has 1 heterocycles. The maximum atomic E-state index is 10.9. The second-order valence-corrected chi connectivity index (χ2v) is 2.67. The van der Waals surface area contributed by atoms with Gasteiger partial charge in [0, 0.05) is 6.54 Å². The zero-order valence-corrected chi connectivity index (χ0v) is 7.12. The Kier molecular flexibility index (Phi) is 2.90. The number of anilines is 1. The first kappa shape index (κ1) is 8.83. The smallest absolute Gasteiger partial charge is 0.367 e. The van der Waals surface area contributed by atoms with E-state index >= 15 is 0 Å². The molecule has 0 aliphatic heterocycles. The van der Waals surface area contributed by atoms with E-state index < -0.39 is 5.76 Å². The van der Waals surface area contributed by atoms with Gasteiger partial charge in [-0.25, -0.2) is 9.36 Å². The molecule has 0 aromatic carbocycles. The van der Waals surface area contributed by atoms with Gasteiger partial charge in [0.1, 0.15) is 0 Å². The fraction of sp³-hybridized carbons (Fsp3) is 0.714. The molecule has 5 nitrogen and oxygen atoms in total. The van der Waals surface area contributed by atoms with E-state index in [1.807, 2.05) is 0 Å². The van der Waals surface area contributed by atoms with E-state index in [9.17, 15) is 4.79 Å². The third kappa shape index (κ3) is 1.87. The molecule has 1 rings (SSSR count). The van der Waals surface area contributed by atoms with Crippen molar-refractivity contribution in [2.75, 3.05) is 5.73 Å². The molecular weight excluding hydrogens is 158 g/mol.